The molecule has 0 aromatic heterocycles. The van der Waals surface area contributed by atoms with Crippen LogP contribution in [0.4, 0.5) is 4.79 Å². The van der Waals surface area contributed by atoms with E-state index in [4.69, 9.17) is 0 Å². The number of nitrogens with zero attached hydrogens (tertiary/aromatic N) is 1. The summed E-state index contributed by atoms with van der Waals surface area (Å²) in [7, 11) is 0. The van der Waals surface area contributed by atoms with Gasteiger partial charge in [-0.25, -0.2) is 4.79 Å². The van der Waals surface area contributed by atoms with E-state index in [0.717, 1.165) is 4.90 Å². The SMILES string of the molecule is CC=CC=C1C(=O)NC(=O)N(CC)C1=O. The summed E-state index contributed by atoms with van der Waals surface area (Å²) in [6.45, 7) is 3.68. The molecule has 4 amide bonds. The molecular weight excluding hydrogens is 196 g/mol. The predicted molar refractivity (Wildman–Crippen MR) is 53.8 cm³/mol. The van der Waals surface area contributed by atoms with E-state index in [1.165, 1.54) is 6.08 Å². The number of amides is 4. The standard InChI is InChI=1S/C10H12N2O3/c1-3-5-6-7-8(13)11-10(15)12(4-2)9(7)14/h3,5-6H,4H2,1-2H3,(H,11,13,15). The van der Waals surface area contributed by atoms with Crippen LogP contribution >= 0.6 is 0 Å². The molecule has 80 valence electrons. The van der Waals surface area contributed by atoms with Gasteiger partial charge in [-0.3, -0.25) is 19.8 Å². The molecular formula is C10H12N2O3. The quantitative estimate of drug-likeness (QED) is 0.533. The number of urea groups is 1. The van der Waals surface area contributed by atoms with Crippen molar-refractivity contribution in [3.05, 3.63) is 23.8 Å². The second-order valence-corrected chi connectivity index (χ2v) is 2.91. The van der Waals surface area contributed by atoms with Crippen LogP contribution in [0.1, 0.15) is 13.8 Å². The third-order valence-electron chi connectivity index (χ3n) is 1.96. The van der Waals surface area contributed by atoms with E-state index >= 15 is 0 Å². The number of nitrogens with one attached hydrogen (secondary N) is 1. The fourth-order valence-corrected chi connectivity index (χ4v) is 1.19. The number of carbonyl (C=O) groups is 3. The molecule has 5 heteroatoms. The summed E-state index contributed by atoms with van der Waals surface area (Å²) in [5.74, 6) is -1.20. The normalized spacial score (nSPS) is 20.3. The van der Waals surface area contributed by atoms with Gasteiger partial charge >= 0.3 is 6.03 Å². The van der Waals surface area contributed by atoms with Gasteiger partial charge in [0, 0.05) is 6.54 Å². The summed E-state index contributed by atoms with van der Waals surface area (Å²) < 4.78 is 0. The zero-order valence-electron chi connectivity index (χ0n) is 8.61. The molecule has 1 heterocycles. The Kier molecular flexibility index (Phi) is 3.38. The van der Waals surface area contributed by atoms with E-state index in [1.54, 1.807) is 26.0 Å². The molecule has 1 fully saturated rings. The van der Waals surface area contributed by atoms with E-state index in [1.807, 2.05) is 0 Å². The lowest BCUT2D eigenvalue weighted by atomic mass is 10.1. The maximum absolute atomic E-state index is 11.6. The fourth-order valence-electron chi connectivity index (χ4n) is 1.19. The molecule has 0 saturated carbocycles. The van der Waals surface area contributed by atoms with Gasteiger partial charge in [0.15, 0.2) is 0 Å². The number of barbiturate groups is 1. The Hall–Kier alpha value is -1.91. The molecule has 0 radical (unpaired) electrons. The lowest BCUT2D eigenvalue weighted by Crippen LogP contribution is -2.53. The van der Waals surface area contributed by atoms with Crippen molar-refractivity contribution in [3.8, 4) is 0 Å². The fraction of sp³-hybridized carbons (Fsp3) is 0.300. The Bertz CT molecular complexity index is 369. The van der Waals surface area contributed by atoms with Crippen molar-refractivity contribution in [2.24, 2.45) is 0 Å². The van der Waals surface area contributed by atoms with Crippen LogP contribution in [0.3, 0.4) is 0 Å². The third kappa shape index (κ3) is 2.12. The first-order chi connectivity index (χ1) is 7.11. The second-order valence-electron chi connectivity index (χ2n) is 2.91. The van der Waals surface area contributed by atoms with Gasteiger partial charge in [-0.2, -0.15) is 0 Å². The maximum Gasteiger partial charge on any atom is 0.331 e. The summed E-state index contributed by atoms with van der Waals surface area (Å²) in [4.78, 5) is 35.1. The van der Waals surface area contributed by atoms with Crippen molar-refractivity contribution in [3.63, 3.8) is 0 Å². The van der Waals surface area contributed by atoms with E-state index in [9.17, 15) is 14.4 Å². The highest BCUT2D eigenvalue weighted by atomic mass is 16.2. The number of allylic oxidation sites excluding steroid dienone is 3. The molecule has 1 rings (SSSR count). The molecule has 5 nitrogen and oxygen atoms in total. The van der Waals surface area contributed by atoms with Crippen molar-refractivity contribution in [1.82, 2.24) is 10.2 Å². The zero-order valence-corrected chi connectivity index (χ0v) is 8.61. The molecule has 1 aliphatic heterocycles. The van der Waals surface area contributed by atoms with Crippen LogP contribution in [-0.2, 0) is 9.59 Å². The minimum Gasteiger partial charge on any atom is -0.273 e. The molecule has 0 spiro atoms. The highest BCUT2D eigenvalue weighted by molar-refractivity contribution is 6.28. The van der Waals surface area contributed by atoms with Gasteiger partial charge in [0.1, 0.15) is 5.57 Å². The van der Waals surface area contributed by atoms with Gasteiger partial charge in [0.2, 0.25) is 0 Å². The summed E-state index contributed by atoms with van der Waals surface area (Å²) in [5, 5.41) is 2.09. The number of likely N-dealkylation sites (N-methyl/N-ethyl adjacent to an activating group) is 1. The first-order valence-electron chi connectivity index (χ1n) is 4.62. The van der Waals surface area contributed by atoms with Gasteiger partial charge in [0.05, 0.1) is 0 Å². The lowest BCUT2D eigenvalue weighted by Gasteiger charge is -2.24. The van der Waals surface area contributed by atoms with Crippen LogP contribution < -0.4 is 5.32 Å². The predicted octanol–water partition coefficient (Wildman–Crippen LogP) is 0.587. The Balaban J connectivity index is 3.03. The minimum atomic E-state index is -0.662. The maximum atomic E-state index is 11.6. The van der Waals surface area contributed by atoms with Gasteiger partial charge in [-0.1, -0.05) is 12.2 Å². The van der Waals surface area contributed by atoms with Gasteiger partial charge in [-0.05, 0) is 19.9 Å². The molecule has 0 atom stereocenters. The number of hydrogen-bond donors (Lipinski definition) is 1. The molecule has 15 heavy (non-hydrogen) atoms. The lowest BCUT2D eigenvalue weighted by molar-refractivity contribution is -0.130. The molecule has 1 aliphatic rings. The van der Waals surface area contributed by atoms with Crippen LogP contribution in [0.5, 0.6) is 0 Å². The van der Waals surface area contributed by atoms with Crippen molar-refractivity contribution in [1.29, 1.82) is 0 Å². The summed E-state index contributed by atoms with van der Waals surface area (Å²) in [5.41, 5.74) is -0.0189. The average molecular weight is 208 g/mol. The van der Waals surface area contributed by atoms with E-state index in [0.29, 0.717) is 0 Å². The number of hydrogen-bond acceptors (Lipinski definition) is 3. The van der Waals surface area contributed by atoms with Gasteiger partial charge in [-0.15, -0.1) is 0 Å². The largest absolute Gasteiger partial charge is 0.331 e. The molecule has 0 aromatic carbocycles. The molecule has 1 N–H and O–H groups in total. The van der Waals surface area contributed by atoms with Crippen LogP contribution in [0.25, 0.3) is 0 Å². The van der Waals surface area contributed by atoms with Crippen molar-refractivity contribution in [2.45, 2.75) is 13.8 Å². The van der Waals surface area contributed by atoms with Gasteiger partial charge < -0.3 is 0 Å². The molecule has 0 aliphatic carbocycles. The molecule has 0 unspecified atom stereocenters. The zero-order chi connectivity index (χ0) is 11.4. The van der Waals surface area contributed by atoms with Crippen molar-refractivity contribution >= 4 is 17.8 Å². The Morgan fingerprint density at radius 2 is 2.00 bits per heavy atom. The molecule has 1 saturated heterocycles. The smallest absolute Gasteiger partial charge is 0.273 e. The Morgan fingerprint density at radius 3 is 2.53 bits per heavy atom. The topological polar surface area (TPSA) is 66.5 Å². The van der Waals surface area contributed by atoms with Crippen LogP contribution in [0, 0.1) is 0 Å². The second kappa shape index (κ2) is 4.54. The average Bonchev–Trinajstić information content (AvgIpc) is 2.17. The molecule has 0 bridgehead atoms. The van der Waals surface area contributed by atoms with Crippen molar-refractivity contribution < 1.29 is 14.4 Å². The number of imide groups is 2. The highest BCUT2D eigenvalue weighted by Gasteiger charge is 2.33. The van der Waals surface area contributed by atoms with Crippen LogP contribution in [0.15, 0.2) is 23.8 Å². The molecule has 0 aromatic rings. The number of carbonyl (C=O) groups excluding carboxylic acids is 3. The van der Waals surface area contributed by atoms with Crippen LogP contribution in [0.2, 0.25) is 0 Å². The third-order valence-corrected chi connectivity index (χ3v) is 1.96. The van der Waals surface area contributed by atoms with E-state index in [-0.39, 0.29) is 12.1 Å². The van der Waals surface area contributed by atoms with Crippen molar-refractivity contribution in [2.75, 3.05) is 6.54 Å². The Morgan fingerprint density at radius 1 is 1.33 bits per heavy atom. The van der Waals surface area contributed by atoms with Gasteiger partial charge in [0.25, 0.3) is 11.8 Å². The Labute approximate surface area is 87.4 Å². The van der Waals surface area contributed by atoms with E-state index < -0.39 is 17.8 Å². The summed E-state index contributed by atoms with van der Waals surface area (Å²) in [6, 6.07) is -0.662. The van der Waals surface area contributed by atoms with Crippen LogP contribution in [-0.4, -0.2) is 29.3 Å². The minimum absolute atomic E-state index is 0.0189. The first-order valence-corrected chi connectivity index (χ1v) is 4.62. The summed E-state index contributed by atoms with van der Waals surface area (Å²) in [6.07, 6.45) is 4.67. The van der Waals surface area contributed by atoms with E-state index in [2.05, 4.69) is 5.32 Å². The first kappa shape index (κ1) is 11.2. The monoisotopic (exact) mass is 208 g/mol. The number of rotatable bonds is 2. The summed E-state index contributed by atoms with van der Waals surface area (Å²) >= 11 is 0. The highest BCUT2D eigenvalue weighted by Crippen LogP contribution is 2.09.